The predicted octanol–water partition coefficient (Wildman–Crippen LogP) is 4.12. The molecule has 4 rings (SSSR count). The van der Waals surface area contributed by atoms with E-state index in [0.717, 1.165) is 27.9 Å². The second-order valence-corrected chi connectivity index (χ2v) is 9.51. The predicted molar refractivity (Wildman–Crippen MR) is 118 cm³/mol. The van der Waals surface area contributed by atoms with Gasteiger partial charge in [-0.25, -0.2) is 17.5 Å². The van der Waals surface area contributed by atoms with Crippen molar-refractivity contribution in [3.05, 3.63) is 94.3 Å². The number of carbonyl (C=O) groups excluding carboxylic acids is 1. The number of benzene rings is 3. The molecule has 1 amide bonds. The molecule has 1 heterocycles. The van der Waals surface area contributed by atoms with Crippen molar-refractivity contribution in [2.24, 2.45) is 0 Å². The van der Waals surface area contributed by atoms with Crippen LogP contribution in [-0.4, -0.2) is 20.9 Å². The van der Waals surface area contributed by atoms with Crippen LogP contribution in [0.15, 0.2) is 65.6 Å². The maximum atomic E-state index is 13.1. The van der Waals surface area contributed by atoms with Crippen LogP contribution in [0.1, 0.15) is 32.6 Å². The molecular formula is C24H23FN2O3S. The van der Waals surface area contributed by atoms with Gasteiger partial charge in [-0.1, -0.05) is 18.2 Å². The molecule has 1 N–H and O–H groups in total. The van der Waals surface area contributed by atoms with Gasteiger partial charge in [-0.05, 0) is 85.0 Å². The normalized spacial score (nSPS) is 13.3. The van der Waals surface area contributed by atoms with Gasteiger partial charge in [0.1, 0.15) is 5.82 Å². The summed E-state index contributed by atoms with van der Waals surface area (Å²) in [4.78, 5) is 14.7. The van der Waals surface area contributed by atoms with Crippen LogP contribution in [0.3, 0.4) is 0 Å². The standard InChI is InChI=1S/C24H23FN2O3S/c1-16-3-9-22(13-17(16)2)31(29,30)26-15-18-4-10-23-20(14-18)11-12-27(23)24(28)19-5-7-21(25)8-6-19/h3-10,13-14,26H,11-12,15H2,1-2H3. The minimum Gasteiger partial charge on any atom is -0.308 e. The Morgan fingerprint density at radius 1 is 1.00 bits per heavy atom. The lowest BCUT2D eigenvalue weighted by Crippen LogP contribution is -2.28. The first-order valence-corrected chi connectivity index (χ1v) is 11.5. The molecule has 0 bridgehead atoms. The van der Waals surface area contributed by atoms with Gasteiger partial charge in [-0.3, -0.25) is 4.79 Å². The molecule has 0 atom stereocenters. The summed E-state index contributed by atoms with van der Waals surface area (Å²) in [5.74, 6) is -0.562. The number of nitrogens with one attached hydrogen (secondary N) is 1. The van der Waals surface area contributed by atoms with Gasteiger partial charge in [0.15, 0.2) is 0 Å². The zero-order valence-electron chi connectivity index (χ0n) is 17.4. The number of hydrogen-bond acceptors (Lipinski definition) is 3. The van der Waals surface area contributed by atoms with Crippen LogP contribution in [0, 0.1) is 19.7 Å². The monoisotopic (exact) mass is 438 g/mol. The van der Waals surface area contributed by atoms with Crippen molar-refractivity contribution < 1.29 is 17.6 Å². The summed E-state index contributed by atoms with van der Waals surface area (Å²) in [7, 11) is -3.62. The van der Waals surface area contributed by atoms with Crippen molar-refractivity contribution in [2.75, 3.05) is 11.4 Å². The molecule has 0 radical (unpaired) electrons. The molecule has 0 spiro atoms. The largest absolute Gasteiger partial charge is 0.308 e. The van der Waals surface area contributed by atoms with Crippen molar-refractivity contribution >= 4 is 21.6 Å². The van der Waals surface area contributed by atoms with Gasteiger partial charge < -0.3 is 4.90 Å². The van der Waals surface area contributed by atoms with Gasteiger partial charge in [0.05, 0.1) is 4.90 Å². The highest BCUT2D eigenvalue weighted by molar-refractivity contribution is 7.89. The molecule has 1 aliphatic rings. The van der Waals surface area contributed by atoms with Gasteiger partial charge in [0.2, 0.25) is 10.0 Å². The quantitative estimate of drug-likeness (QED) is 0.652. The van der Waals surface area contributed by atoms with Gasteiger partial charge in [-0.2, -0.15) is 0 Å². The molecule has 0 unspecified atom stereocenters. The second-order valence-electron chi connectivity index (χ2n) is 7.75. The molecule has 0 saturated heterocycles. The van der Waals surface area contributed by atoms with Gasteiger partial charge >= 0.3 is 0 Å². The fourth-order valence-electron chi connectivity index (χ4n) is 3.67. The molecule has 1 aliphatic heterocycles. The molecule has 0 fully saturated rings. The van der Waals surface area contributed by atoms with E-state index in [1.54, 1.807) is 23.1 Å². The molecule has 0 aromatic heterocycles. The molecule has 0 saturated carbocycles. The zero-order valence-corrected chi connectivity index (χ0v) is 18.2. The molecule has 160 valence electrons. The van der Waals surface area contributed by atoms with E-state index in [1.165, 1.54) is 24.3 Å². The fraction of sp³-hybridized carbons (Fsp3) is 0.208. The number of carbonyl (C=O) groups is 1. The third-order valence-electron chi connectivity index (χ3n) is 5.63. The van der Waals surface area contributed by atoms with Crippen molar-refractivity contribution in [1.82, 2.24) is 4.72 Å². The number of hydrogen-bond donors (Lipinski definition) is 1. The number of rotatable bonds is 5. The minimum absolute atomic E-state index is 0.161. The van der Waals surface area contributed by atoms with Gasteiger partial charge in [0, 0.05) is 24.3 Å². The zero-order chi connectivity index (χ0) is 22.2. The van der Waals surface area contributed by atoms with Gasteiger partial charge in [0.25, 0.3) is 5.91 Å². The summed E-state index contributed by atoms with van der Waals surface area (Å²) in [6.07, 6.45) is 0.681. The molecule has 3 aromatic rings. The highest BCUT2D eigenvalue weighted by Crippen LogP contribution is 2.30. The van der Waals surface area contributed by atoms with E-state index in [9.17, 15) is 17.6 Å². The molecular weight excluding hydrogens is 415 g/mol. The SMILES string of the molecule is Cc1ccc(S(=O)(=O)NCc2ccc3c(c2)CCN3C(=O)c2ccc(F)cc2)cc1C. The number of amides is 1. The average Bonchev–Trinajstić information content (AvgIpc) is 3.17. The second kappa shape index (κ2) is 8.24. The van der Waals surface area contributed by atoms with Crippen molar-refractivity contribution in [1.29, 1.82) is 0 Å². The van der Waals surface area contributed by atoms with Crippen molar-refractivity contribution in [3.8, 4) is 0 Å². The summed E-state index contributed by atoms with van der Waals surface area (Å²) in [5.41, 5.74) is 5.00. The van der Waals surface area contributed by atoms with E-state index < -0.39 is 10.0 Å². The van der Waals surface area contributed by atoms with Crippen molar-refractivity contribution in [2.45, 2.75) is 31.7 Å². The van der Waals surface area contributed by atoms with Crippen LogP contribution in [0.25, 0.3) is 0 Å². The Kier molecular flexibility index (Phi) is 5.64. The Morgan fingerprint density at radius 2 is 1.74 bits per heavy atom. The summed E-state index contributed by atoms with van der Waals surface area (Å²) in [6.45, 7) is 4.51. The topological polar surface area (TPSA) is 66.5 Å². The molecule has 3 aromatic carbocycles. The Morgan fingerprint density at radius 3 is 2.45 bits per heavy atom. The highest BCUT2D eigenvalue weighted by atomic mass is 32.2. The summed E-state index contributed by atoms with van der Waals surface area (Å²) < 4.78 is 41.1. The molecule has 5 nitrogen and oxygen atoms in total. The van der Waals surface area contributed by atoms with E-state index in [2.05, 4.69) is 4.72 Å². The first-order valence-electron chi connectivity index (χ1n) is 10.0. The molecule has 0 aliphatic carbocycles. The Bertz CT molecular complexity index is 1250. The number of aryl methyl sites for hydroxylation is 2. The number of nitrogens with zero attached hydrogens (tertiary/aromatic N) is 1. The first kappa shape index (κ1) is 21.2. The van der Waals surface area contributed by atoms with Crippen LogP contribution in [0.5, 0.6) is 0 Å². The fourth-order valence-corrected chi connectivity index (χ4v) is 4.77. The highest BCUT2D eigenvalue weighted by Gasteiger charge is 2.26. The maximum Gasteiger partial charge on any atom is 0.258 e. The van der Waals surface area contributed by atoms with E-state index in [1.807, 2.05) is 32.0 Å². The van der Waals surface area contributed by atoms with Crippen LogP contribution < -0.4 is 9.62 Å². The third-order valence-corrected chi connectivity index (χ3v) is 7.03. The number of fused-ring (bicyclic) bond motifs is 1. The molecule has 7 heteroatoms. The van der Waals surface area contributed by atoms with Crippen LogP contribution in [0.4, 0.5) is 10.1 Å². The first-order chi connectivity index (χ1) is 14.7. The minimum atomic E-state index is -3.62. The van der Waals surface area contributed by atoms with E-state index in [4.69, 9.17) is 0 Å². The van der Waals surface area contributed by atoms with E-state index >= 15 is 0 Å². The Balaban J connectivity index is 1.48. The summed E-state index contributed by atoms with van der Waals surface area (Å²) >= 11 is 0. The Labute approximate surface area is 181 Å². The van der Waals surface area contributed by atoms with Crippen LogP contribution >= 0.6 is 0 Å². The van der Waals surface area contributed by atoms with Gasteiger partial charge in [-0.15, -0.1) is 0 Å². The van der Waals surface area contributed by atoms with Crippen LogP contribution in [0.2, 0.25) is 0 Å². The number of sulfonamides is 1. The maximum absolute atomic E-state index is 13.1. The summed E-state index contributed by atoms with van der Waals surface area (Å²) in [5, 5.41) is 0. The number of halogens is 1. The average molecular weight is 439 g/mol. The van der Waals surface area contributed by atoms with Crippen LogP contribution in [-0.2, 0) is 23.0 Å². The Hall–Kier alpha value is -3.03. The van der Waals surface area contributed by atoms with E-state index in [0.29, 0.717) is 18.5 Å². The number of anilines is 1. The third kappa shape index (κ3) is 4.38. The lowest BCUT2D eigenvalue weighted by molar-refractivity contribution is 0.0989. The van der Waals surface area contributed by atoms with Crippen molar-refractivity contribution in [3.63, 3.8) is 0 Å². The summed E-state index contributed by atoms with van der Waals surface area (Å²) in [6, 6.07) is 16.1. The lowest BCUT2D eigenvalue weighted by atomic mass is 10.1. The molecule has 31 heavy (non-hydrogen) atoms. The smallest absolute Gasteiger partial charge is 0.258 e. The lowest BCUT2D eigenvalue weighted by Gasteiger charge is -2.18. The van der Waals surface area contributed by atoms with E-state index in [-0.39, 0.29) is 23.2 Å².